The second-order valence-electron chi connectivity index (χ2n) is 3.58. The highest BCUT2D eigenvalue weighted by atomic mass is 35.5. The van der Waals surface area contributed by atoms with Crippen LogP contribution in [0.15, 0.2) is 18.2 Å². The molecule has 0 amide bonds. The van der Waals surface area contributed by atoms with Crippen molar-refractivity contribution in [2.75, 3.05) is 26.3 Å². The predicted octanol–water partition coefficient (Wildman–Crippen LogP) is 1.85. The number of benzene rings is 1. The number of hydrogen-bond acceptors (Lipinski definition) is 3. The molecule has 1 fully saturated rings. The van der Waals surface area contributed by atoms with Gasteiger partial charge in [-0.3, -0.25) is 0 Å². The first-order chi connectivity index (χ1) is 7.75. The summed E-state index contributed by atoms with van der Waals surface area (Å²) in [6, 6.07) is 4.08. The molecular weight excluding hydrogens is 233 g/mol. The van der Waals surface area contributed by atoms with E-state index in [1.54, 1.807) is 0 Å². The van der Waals surface area contributed by atoms with Gasteiger partial charge in [-0.1, -0.05) is 11.6 Å². The van der Waals surface area contributed by atoms with Crippen LogP contribution >= 0.6 is 11.6 Å². The van der Waals surface area contributed by atoms with Gasteiger partial charge in [0.05, 0.1) is 11.6 Å². The van der Waals surface area contributed by atoms with Crippen LogP contribution in [-0.4, -0.2) is 32.4 Å². The van der Waals surface area contributed by atoms with Crippen molar-refractivity contribution < 1.29 is 13.9 Å². The van der Waals surface area contributed by atoms with Crippen LogP contribution in [0.25, 0.3) is 0 Å². The first kappa shape index (κ1) is 11.6. The molecule has 1 aliphatic rings. The lowest BCUT2D eigenvalue weighted by atomic mass is 10.3. The van der Waals surface area contributed by atoms with Gasteiger partial charge in [0.2, 0.25) is 0 Å². The van der Waals surface area contributed by atoms with Crippen LogP contribution in [-0.2, 0) is 4.74 Å². The second-order valence-corrected chi connectivity index (χ2v) is 3.99. The molecule has 1 N–H and O–H groups in total. The summed E-state index contributed by atoms with van der Waals surface area (Å²) in [6.45, 7) is 2.73. The standard InChI is InChI=1S/C11H13ClFNO2/c12-10-5-8(13)1-2-11(10)16-7-9-6-14-3-4-15-9/h1-2,5,9,14H,3-4,6-7H2. The fourth-order valence-electron chi connectivity index (χ4n) is 1.50. The SMILES string of the molecule is Fc1ccc(OCC2CNCCO2)c(Cl)c1. The van der Waals surface area contributed by atoms with Gasteiger partial charge in [0.25, 0.3) is 0 Å². The molecule has 88 valence electrons. The minimum atomic E-state index is -0.368. The summed E-state index contributed by atoms with van der Waals surface area (Å²) < 4.78 is 23.7. The van der Waals surface area contributed by atoms with Crippen molar-refractivity contribution >= 4 is 11.6 Å². The minimum absolute atomic E-state index is 0.0230. The molecule has 0 spiro atoms. The van der Waals surface area contributed by atoms with E-state index in [2.05, 4.69) is 5.32 Å². The molecule has 0 saturated carbocycles. The maximum Gasteiger partial charge on any atom is 0.138 e. The van der Waals surface area contributed by atoms with Crippen LogP contribution in [0, 0.1) is 5.82 Å². The van der Waals surface area contributed by atoms with Crippen LogP contribution in [0.5, 0.6) is 5.75 Å². The van der Waals surface area contributed by atoms with E-state index in [1.807, 2.05) is 0 Å². The van der Waals surface area contributed by atoms with Gasteiger partial charge < -0.3 is 14.8 Å². The third-order valence-electron chi connectivity index (χ3n) is 2.32. The topological polar surface area (TPSA) is 30.5 Å². The highest BCUT2D eigenvalue weighted by molar-refractivity contribution is 6.32. The van der Waals surface area contributed by atoms with E-state index in [4.69, 9.17) is 21.1 Å². The van der Waals surface area contributed by atoms with Crippen LogP contribution in [0.2, 0.25) is 5.02 Å². The van der Waals surface area contributed by atoms with E-state index < -0.39 is 0 Å². The minimum Gasteiger partial charge on any atom is -0.489 e. The van der Waals surface area contributed by atoms with Crippen molar-refractivity contribution in [3.63, 3.8) is 0 Å². The van der Waals surface area contributed by atoms with Crippen LogP contribution in [0.3, 0.4) is 0 Å². The Balaban J connectivity index is 1.88. The van der Waals surface area contributed by atoms with Crippen molar-refractivity contribution in [2.24, 2.45) is 0 Å². The van der Waals surface area contributed by atoms with Crippen LogP contribution in [0.4, 0.5) is 4.39 Å². The number of ether oxygens (including phenoxy) is 2. The molecule has 1 saturated heterocycles. The van der Waals surface area contributed by atoms with E-state index in [9.17, 15) is 4.39 Å². The van der Waals surface area contributed by atoms with E-state index in [1.165, 1.54) is 18.2 Å². The summed E-state index contributed by atoms with van der Waals surface area (Å²) >= 11 is 5.83. The predicted molar refractivity (Wildman–Crippen MR) is 59.5 cm³/mol. The van der Waals surface area contributed by atoms with Crippen LogP contribution in [0.1, 0.15) is 0 Å². The van der Waals surface area contributed by atoms with E-state index in [-0.39, 0.29) is 16.9 Å². The molecule has 3 nitrogen and oxygen atoms in total. The Morgan fingerprint density at radius 2 is 2.44 bits per heavy atom. The molecule has 0 aromatic heterocycles. The van der Waals surface area contributed by atoms with Crippen molar-refractivity contribution in [3.05, 3.63) is 29.0 Å². The Morgan fingerprint density at radius 3 is 3.12 bits per heavy atom. The van der Waals surface area contributed by atoms with E-state index >= 15 is 0 Å². The zero-order chi connectivity index (χ0) is 11.4. The molecular formula is C11H13ClFNO2. The summed E-state index contributed by atoms with van der Waals surface area (Å²) in [6.07, 6.45) is 0.0230. The van der Waals surface area contributed by atoms with Gasteiger partial charge in [0.1, 0.15) is 24.3 Å². The molecule has 1 aromatic carbocycles. The number of rotatable bonds is 3. The van der Waals surface area contributed by atoms with Crippen molar-refractivity contribution in [1.29, 1.82) is 0 Å². The van der Waals surface area contributed by atoms with Crippen molar-refractivity contribution in [2.45, 2.75) is 6.10 Å². The molecule has 2 rings (SSSR count). The molecule has 1 unspecified atom stereocenters. The van der Waals surface area contributed by atoms with Gasteiger partial charge in [0, 0.05) is 13.1 Å². The summed E-state index contributed by atoms with van der Waals surface area (Å²) in [5, 5.41) is 3.48. The van der Waals surface area contributed by atoms with Gasteiger partial charge >= 0.3 is 0 Å². The smallest absolute Gasteiger partial charge is 0.138 e. The molecule has 0 radical (unpaired) electrons. The molecule has 1 heterocycles. The number of halogens is 2. The molecule has 5 heteroatoms. The van der Waals surface area contributed by atoms with Crippen molar-refractivity contribution in [1.82, 2.24) is 5.32 Å². The fourth-order valence-corrected chi connectivity index (χ4v) is 1.72. The Bertz CT molecular complexity index is 356. The van der Waals surface area contributed by atoms with E-state index in [0.717, 1.165) is 13.1 Å². The lowest BCUT2D eigenvalue weighted by Gasteiger charge is -2.23. The van der Waals surface area contributed by atoms with Gasteiger partial charge in [-0.05, 0) is 18.2 Å². The summed E-state index contributed by atoms with van der Waals surface area (Å²) in [5.41, 5.74) is 0. The lowest BCUT2D eigenvalue weighted by Crippen LogP contribution is -2.41. The van der Waals surface area contributed by atoms with Gasteiger partial charge in [-0.15, -0.1) is 0 Å². The average molecular weight is 246 g/mol. The maximum absolute atomic E-state index is 12.8. The number of nitrogens with one attached hydrogen (secondary N) is 1. The second kappa shape index (κ2) is 5.48. The lowest BCUT2D eigenvalue weighted by molar-refractivity contribution is 0.000206. The molecule has 1 atom stereocenters. The third kappa shape index (κ3) is 3.07. The number of morpholine rings is 1. The zero-order valence-corrected chi connectivity index (χ0v) is 9.47. The Labute approximate surface area is 98.5 Å². The Kier molecular flexibility index (Phi) is 3.98. The monoisotopic (exact) mass is 245 g/mol. The van der Waals surface area contributed by atoms with Gasteiger partial charge in [-0.2, -0.15) is 0 Å². The first-order valence-electron chi connectivity index (χ1n) is 5.16. The summed E-state index contributed by atoms with van der Waals surface area (Å²) in [7, 11) is 0. The Morgan fingerprint density at radius 1 is 1.56 bits per heavy atom. The molecule has 16 heavy (non-hydrogen) atoms. The normalized spacial score (nSPS) is 20.8. The molecule has 1 aromatic rings. The quantitative estimate of drug-likeness (QED) is 0.882. The fraction of sp³-hybridized carbons (Fsp3) is 0.455. The third-order valence-corrected chi connectivity index (χ3v) is 2.62. The first-order valence-corrected chi connectivity index (χ1v) is 5.53. The zero-order valence-electron chi connectivity index (χ0n) is 8.71. The largest absolute Gasteiger partial charge is 0.489 e. The highest BCUT2D eigenvalue weighted by Gasteiger charge is 2.14. The van der Waals surface area contributed by atoms with Gasteiger partial charge in [0.15, 0.2) is 0 Å². The van der Waals surface area contributed by atoms with E-state index in [0.29, 0.717) is 19.0 Å². The molecule has 0 bridgehead atoms. The average Bonchev–Trinajstić information content (AvgIpc) is 2.29. The molecule has 0 aliphatic carbocycles. The van der Waals surface area contributed by atoms with Crippen molar-refractivity contribution in [3.8, 4) is 5.75 Å². The number of hydrogen-bond donors (Lipinski definition) is 1. The Hall–Kier alpha value is -0.840. The summed E-state index contributed by atoms with van der Waals surface area (Å²) in [4.78, 5) is 0. The van der Waals surface area contributed by atoms with Gasteiger partial charge in [-0.25, -0.2) is 4.39 Å². The maximum atomic E-state index is 12.8. The highest BCUT2D eigenvalue weighted by Crippen LogP contribution is 2.25. The van der Waals surface area contributed by atoms with Crippen LogP contribution < -0.4 is 10.1 Å². The molecule has 1 aliphatic heterocycles. The summed E-state index contributed by atoms with van der Waals surface area (Å²) in [5.74, 6) is 0.116.